The third-order valence-corrected chi connectivity index (χ3v) is 7.16. The molecule has 0 bridgehead atoms. The van der Waals surface area contributed by atoms with Gasteiger partial charge in [-0.25, -0.2) is 8.42 Å². The van der Waals surface area contributed by atoms with Gasteiger partial charge in [0.2, 0.25) is 15.9 Å². The van der Waals surface area contributed by atoms with Crippen LogP contribution in [0.15, 0.2) is 23.1 Å². The smallest absolute Gasteiger partial charge is 0.246 e. The highest BCUT2D eigenvalue weighted by Gasteiger charge is 2.29. The van der Waals surface area contributed by atoms with Crippen molar-refractivity contribution in [3.63, 3.8) is 0 Å². The first-order valence-electron chi connectivity index (χ1n) is 10.2. The van der Waals surface area contributed by atoms with Crippen molar-refractivity contribution in [1.29, 1.82) is 0 Å². The second-order valence-electron chi connectivity index (χ2n) is 7.83. The van der Waals surface area contributed by atoms with Crippen LogP contribution < -0.4 is 10.1 Å². The average Bonchev–Trinajstić information content (AvgIpc) is 2.67. The first-order valence-corrected chi connectivity index (χ1v) is 11.6. The summed E-state index contributed by atoms with van der Waals surface area (Å²) in [6.45, 7) is 6.61. The number of anilines is 1. The fourth-order valence-corrected chi connectivity index (χ4v) is 5.72. The molecule has 2 heterocycles. The molecule has 1 aromatic rings. The van der Waals surface area contributed by atoms with E-state index < -0.39 is 10.0 Å². The maximum absolute atomic E-state index is 13.1. The number of nitrogens with zero attached hydrogens (tertiary/aromatic N) is 2. The second kappa shape index (κ2) is 9.42. The number of nitrogens with one attached hydrogen (secondary N) is 1. The largest absolute Gasteiger partial charge is 0.495 e. The Balaban J connectivity index is 1.73. The first kappa shape index (κ1) is 22.0. The zero-order valence-electron chi connectivity index (χ0n) is 17.4. The number of methoxy groups -OCH3 is 1. The minimum atomic E-state index is -3.67. The molecule has 0 aliphatic carbocycles. The number of rotatable bonds is 6. The number of amides is 1. The van der Waals surface area contributed by atoms with Crippen LogP contribution in [0.5, 0.6) is 5.75 Å². The Morgan fingerprint density at radius 2 is 1.83 bits per heavy atom. The molecule has 0 saturated carbocycles. The lowest BCUT2D eigenvalue weighted by Gasteiger charge is -2.34. The van der Waals surface area contributed by atoms with Gasteiger partial charge in [-0.2, -0.15) is 4.31 Å². The molecule has 2 unspecified atom stereocenters. The van der Waals surface area contributed by atoms with Gasteiger partial charge >= 0.3 is 0 Å². The molecule has 0 spiro atoms. The summed E-state index contributed by atoms with van der Waals surface area (Å²) >= 11 is 0. The van der Waals surface area contributed by atoms with Gasteiger partial charge in [-0.05, 0) is 44.9 Å². The van der Waals surface area contributed by atoms with Crippen molar-refractivity contribution in [2.24, 2.45) is 0 Å². The molecule has 2 fully saturated rings. The fraction of sp³-hybridized carbons (Fsp3) is 0.650. The summed E-state index contributed by atoms with van der Waals surface area (Å²) in [7, 11) is -2.23. The number of piperidine rings is 1. The molecule has 29 heavy (non-hydrogen) atoms. The van der Waals surface area contributed by atoms with E-state index >= 15 is 0 Å². The molecule has 3 rings (SSSR count). The molecule has 8 nitrogen and oxygen atoms in total. The number of morpholine rings is 1. The molecular formula is C20H31N3O5S. The van der Waals surface area contributed by atoms with Crippen LogP contribution in [0.25, 0.3) is 0 Å². The van der Waals surface area contributed by atoms with Gasteiger partial charge in [0.05, 0.1) is 25.9 Å². The monoisotopic (exact) mass is 425 g/mol. The standard InChI is InChI=1S/C20H31N3O5S/c1-15-12-22(13-16(2)28-15)14-20(24)21-17-7-8-18(27-3)19(11-17)29(25,26)23-9-5-4-6-10-23/h7-8,11,15-16H,4-6,9-10,12-14H2,1-3H3,(H,21,24). The van der Waals surface area contributed by atoms with Gasteiger partial charge in [0.15, 0.2) is 0 Å². The fourth-order valence-electron chi connectivity index (χ4n) is 4.02. The van der Waals surface area contributed by atoms with Crippen molar-refractivity contribution in [2.45, 2.75) is 50.2 Å². The minimum Gasteiger partial charge on any atom is -0.495 e. The van der Waals surface area contributed by atoms with Crippen molar-refractivity contribution in [1.82, 2.24) is 9.21 Å². The van der Waals surface area contributed by atoms with Crippen LogP contribution in [-0.2, 0) is 19.6 Å². The third kappa shape index (κ3) is 5.48. The molecule has 2 aliphatic heterocycles. The molecule has 1 N–H and O–H groups in total. The molecule has 2 aliphatic rings. The Bertz CT molecular complexity index is 813. The molecule has 1 aromatic carbocycles. The number of benzene rings is 1. The SMILES string of the molecule is COc1ccc(NC(=O)CN2CC(C)OC(C)C2)cc1S(=O)(=O)N1CCCCC1. The number of carbonyl (C=O) groups excluding carboxylic acids is 1. The quantitative estimate of drug-likeness (QED) is 0.749. The maximum atomic E-state index is 13.1. The lowest BCUT2D eigenvalue weighted by molar-refractivity contribution is -0.121. The Morgan fingerprint density at radius 3 is 2.45 bits per heavy atom. The van der Waals surface area contributed by atoms with Gasteiger partial charge < -0.3 is 14.8 Å². The molecule has 2 atom stereocenters. The van der Waals surface area contributed by atoms with Crippen molar-refractivity contribution >= 4 is 21.6 Å². The summed E-state index contributed by atoms with van der Waals surface area (Å²) in [6, 6.07) is 4.74. The highest BCUT2D eigenvalue weighted by molar-refractivity contribution is 7.89. The number of ether oxygens (including phenoxy) is 2. The maximum Gasteiger partial charge on any atom is 0.246 e. The van der Waals surface area contributed by atoms with Crippen LogP contribution in [-0.4, -0.2) is 75.6 Å². The van der Waals surface area contributed by atoms with E-state index in [4.69, 9.17) is 9.47 Å². The lowest BCUT2D eigenvalue weighted by atomic mass is 10.2. The van der Waals surface area contributed by atoms with Crippen LogP contribution in [0.3, 0.4) is 0 Å². The van der Waals surface area contributed by atoms with Crippen LogP contribution in [0, 0.1) is 0 Å². The van der Waals surface area contributed by atoms with Gasteiger partial charge in [0.1, 0.15) is 10.6 Å². The van der Waals surface area contributed by atoms with Crippen LogP contribution >= 0.6 is 0 Å². The molecule has 1 amide bonds. The summed E-state index contributed by atoms with van der Waals surface area (Å²) in [5.74, 6) is 0.0992. The Hall–Kier alpha value is -1.68. The molecular weight excluding hydrogens is 394 g/mol. The van der Waals surface area contributed by atoms with E-state index in [0.717, 1.165) is 19.3 Å². The lowest BCUT2D eigenvalue weighted by Crippen LogP contribution is -2.48. The summed E-state index contributed by atoms with van der Waals surface area (Å²) in [4.78, 5) is 14.7. The van der Waals surface area contributed by atoms with Gasteiger partial charge in [0.25, 0.3) is 0 Å². The van der Waals surface area contributed by atoms with E-state index in [1.165, 1.54) is 17.5 Å². The molecule has 0 radical (unpaired) electrons. The van der Waals surface area contributed by atoms with E-state index in [1.807, 2.05) is 18.7 Å². The minimum absolute atomic E-state index is 0.0776. The summed E-state index contributed by atoms with van der Waals surface area (Å²) in [6.07, 6.45) is 2.91. The van der Waals surface area contributed by atoms with Gasteiger partial charge in [-0.3, -0.25) is 9.69 Å². The van der Waals surface area contributed by atoms with Crippen molar-refractivity contribution in [2.75, 3.05) is 45.2 Å². The highest BCUT2D eigenvalue weighted by Crippen LogP contribution is 2.31. The predicted octanol–water partition coefficient (Wildman–Crippen LogP) is 1.92. The number of carbonyl (C=O) groups is 1. The van der Waals surface area contributed by atoms with Crippen LogP contribution in [0.1, 0.15) is 33.1 Å². The van der Waals surface area contributed by atoms with E-state index in [9.17, 15) is 13.2 Å². The van der Waals surface area contributed by atoms with Crippen molar-refractivity contribution < 1.29 is 22.7 Å². The van der Waals surface area contributed by atoms with E-state index in [2.05, 4.69) is 5.32 Å². The van der Waals surface area contributed by atoms with E-state index in [1.54, 1.807) is 12.1 Å². The normalized spacial score (nSPS) is 24.2. The van der Waals surface area contributed by atoms with Crippen molar-refractivity contribution in [3.05, 3.63) is 18.2 Å². The van der Waals surface area contributed by atoms with Crippen LogP contribution in [0.2, 0.25) is 0 Å². The van der Waals surface area contributed by atoms with Gasteiger partial charge in [0, 0.05) is 31.9 Å². The van der Waals surface area contributed by atoms with Gasteiger partial charge in [-0.15, -0.1) is 0 Å². The van der Waals surface area contributed by atoms with E-state index in [-0.39, 0.29) is 35.3 Å². The average molecular weight is 426 g/mol. The highest BCUT2D eigenvalue weighted by atomic mass is 32.2. The van der Waals surface area contributed by atoms with E-state index in [0.29, 0.717) is 31.9 Å². The Labute approximate surface area is 173 Å². The second-order valence-corrected chi connectivity index (χ2v) is 9.74. The molecule has 9 heteroatoms. The Morgan fingerprint density at radius 1 is 1.17 bits per heavy atom. The molecule has 162 valence electrons. The number of hydrogen-bond acceptors (Lipinski definition) is 6. The van der Waals surface area contributed by atoms with Gasteiger partial charge in [-0.1, -0.05) is 6.42 Å². The Kier molecular flexibility index (Phi) is 7.15. The summed E-state index contributed by atoms with van der Waals surface area (Å²) < 4.78 is 38.7. The zero-order valence-corrected chi connectivity index (χ0v) is 18.2. The zero-order chi connectivity index (χ0) is 21.0. The molecule has 2 saturated heterocycles. The summed E-state index contributed by atoms with van der Waals surface area (Å²) in [5.41, 5.74) is 0.445. The topological polar surface area (TPSA) is 88.2 Å². The van der Waals surface area contributed by atoms with Crippen LogP contribution in [0.4, 0.5) is 5.69 Å². The molecule has 0 aromatic heterocycles. The predicted molar refractivity (Wildman–Crippen MR) is 111 cm³/mol. The third-order valence-electron chi connectivity index (χ3n) is 5.24. The first-order chi connectivity index (χ1) is 13.8. The number of hydrogen-bond donors (Lipinski definition) is 1. The summed E-state index contributed by atoms with van der Waals surface area (Å²) in [5, 5.41) is 2.83. The van der Waals surface area contributed by atoms with Crippen molar-refractivity contribution in [3.8, 4) is 5.75 Å². The number of sulfonamides is 1.